The molecule has 0 amide bonds. The van der Waals surface area contributed by atoms with E-state index in [0.29, 0.717) is 17.3 Å². The van der Waals surface area contributed by atoms with Gasteiger partial charge in [-0.15, -0.1) is 0 Å². The van der Waals surface area contributed by atoms with Gasteiger partial charge in [0.2, 0.25) is 0 Å². The molecule has 70 valence electrons. The number of aromatic nitrogens is 3. The first kappa shape index (κ1) is 7.67. The van der Waals surface area contributed by atoms with E-state index in [4.69, 9.17) is 5.73 Å². The van der Waals surface area contributed by atoms with Crippen molar-refractivity contribution in [2.75, 3.05) is 5.73 Å². The van der Waals surface area contributed by atoms with Crippen molar-refractivity contribution in [3.63, 3.8) is 0 Å². The maximum absolute atomic E-state index is 5.81. The highest BCUT2D eigenvalue weighted by Crippen LogP contribution is 2.38. The van der Waals surface area contributed by atoms with Crippen LogP contribution < -0.4 is 5.73 Å². The lowest BCUT2D eigenvalue weighted by Crippen LogP contribution is -2.00. The van der Waals surface area contributed by atoms with Crippen LogP contribution in [-0.2, 0) is 0 Å². The smallest absolute Gasteiger partial charge is 0.153 e. The van der Waals surface area contributed by atoms with Crippen LogP contribution in [0.25, 0.3) is 11.0 Å². The zero-order valence-electron chi connectivity index (χ0n) is 7.64. The molecule has 0 aromatic carbocycles. The normalized spacial score (nSPS) is 16.0. The van der Waals surface area contributed by atoms with E-state index in [1.165, 1.54) is 12.8 Å². The molecule has 0 radical (unpaired) electrons. The Morgan fingerprint density at radius 3 is 2.93 bits per heavy atom. The Hall–Kier alpha value is -1.71. The molecular formula is C10H10N4. The van der Waals surface area contributed by atoms with E-state index in [1.54, 1.807) is 6.20 Å². The minimum Gasteiger partial charge on any atom is -0.382 e. The van der Waals surface area contributed by atoms with Gasteiger partial charge in [-0.2, -0.15) is 0 Å². The average Bonchev–Trinajstić information content (AvgIpc) is 3.01. The maximum Gasteiger partial charge on any atom is 0.153 e. The second-order valence-electron chi connectivity index (χ2n) is 3.61. The number of pyridine rings is 1. The third-order valence-electron chi connectivity index (χ3n) is 2.44. The van der Waals surface area contributed by atoms with Crippen LogP contribution >= 0.6 is 0 Å². The van der Waals surface area contributed by atoms with Crippen LogP contribution in [0.5, 0.6) is 0 Å². The Labute approximate surface area is 81.2 Å². The Morgan fingerprint density at radius 1 is 1.29 bits per heavy atom. The molecule has 1 fully saturated rings. The summed E-state index contributed by atoms with van der Waals surface area (Å²) in [6.07, 6.45) is 4.08. The van der Waals surface area contributed by atoms with Crippen molar-refractivity contribution in [3.8, 4) is 0 Å². The van der Waals surface area contributed by atoms with Gasteiger partial charge in [-0.1, -0.05) is 0 Å². The monoisotopic (exact) mass is 186 g/mol. The molecule has 0 bridgehead atoms. The average molecular weight is 186 g/mol. The number of hydrogen-bond acceptors (Lipinski definition) is 4. The molecule has 4 nitrogen and oxygen atoms in total. The van der Waals surface area contributed by atoms with Crippen LogP contribution in [0.3, 0.4) is 0 Å². The van der Waals surface area contributed by atoms with Crippen LogP contribution in [-0.4, -0.2) is 15.0 Å². The van der Waals surface area contributed by atoms with Crippen LogP contribution in [0.2, 0.25) is 0 Å². The lowest BCUT2D eigenvalue weighted by atomic mass is 10.3. The minimum atomic E-state index is 0.498. The Balaban J connectivity index is 2.27. The zero-order valence-corrected chi connectivity index (χ0v) is 7.64. The second kappa shape index (κ2) is 2.64. The minimum absolute atomic E-state index is 0.498. The van der Waals surface area contributed by atoms with Crippen LogP contribution in [0.1, 0.15) is 24.6 Å². The third-order valence-corrected chi connectivity index (χ3v) is 2.44. The van der Waals surface area contributed by atoms with Gasteiger partial charge in [0.1, 0.15) is 11.3 Å². The summed E-state index contributed by atoms with van der Waals surface area (Å²) < 4.78 is 0. The number of rotatable bonds is 1. The molecule has 2 aromatic heterocycles. The van der Waals surface area contributed by atoms with Crippen molar-refractivity contribution < 1.29 is 0 Å². The number of nitrogens with zero attached hydrogens (tertiary/aromatic N) is 3. The third kappa shape index (κ3) is 1.11. The molecule has 0 unspecified atom stereocenters. The van der Waals surface area contributed by atoms with Gasteiger partial charge < -0.3 is 5.73 Å². The highest BCUT2D eigenvalue weighted by Gasteiger charge is 2.27. The van der Waals surface area contributed by atoms with Crippen molar-refractivity contribution in [3.05, 3.63) is 24.2 Å². The standard InChI is InChI=1S/C10H10N4/c11-9-8-7(2-1-5-12-8)13-10(14-9)6-3-4-6/h1-2,5-6H,3-4H2,(H2,11,13,14). The van der Waals surface area contributed by atoms with Crippen molar-refractivity contribution in [2.45, 2.75) is 18.8 Å². The van der Waals surface area contributed by atoms with Crippen LogP contribution in [0.4, 0.5) is 5.82 Å². The maximum atomic E-state index is 5.81. The van der Waals surface area contributed by atoms with Gasteiger partial charge in [-0.25, -0.2) is 9.97 Å². The fraction of sp³-hybridized carbons (Fsp3) is 0.300. The molecule has 2 aromatic rings. The quantitative estimate of drug-likeness (QED) is 0.732. The predicted molar refractivity (Wildman–Crippen MR) is 53.7 cm³/mol. The lowest BCUT2D eigenvalue weighted by Gasteiger charge is -2.02. The molecule has 3 rings (SSSR count). The van der Waals surface area contributed by atoms with E-state index >= 15 is 0 Å². The van der Waals surface area contributed by atoms with E-state index in [0.717, 1.165) is 11.3 Å². The summed E-state index contributed by atoms with van der Waals surface area (Å²) in [5, 5.41) is 0. The van der Waals surface area contributed by atoms with Gasteiger partial charge in [0.25, 0.3) is 0 Å². The van der Waals surface area contributed by atoms with E-state index in [9.17, 15) is 0 Å². The summed E-state index contributed by atoms with van der Waals surface area (Å²) in [6, 6.07) is 3.79. The predicted octanol–water partition coefficient (Wildman–Crippen LogP) is 1.48. The topological polar surface area (TPSA) is 64.7 Å². The summed E-state index contributed by atoms with van der Waals surface area (Å²) in [5.41, 5.74) is 7.36. The van der Waals surface area contributed by atoms with Crippen molar-refractivity contribution in [2.24, 2.45) is 0 Å². The Bertz CT molecular complexity index is 490. The summed E-state index contributed by atoms with van der Waals surface area (Å²) >= 11 is 0. The molecule has 1 aliphatic rings. The van der Waals surface area contributed by atoms with Crippen molar-refractivity contribution in [1.82, 2.24) is 15.0 Å². The van der Waals surface area contributed by atoms with E-state index in [-0.39, 0.29) is 0 Å². The van der Waals surface area contributed by atoms with Gasteiger partial charge in [-0.05, 0) is 25.0 Å². The molecule has 1 aliphatic carbocycles. The fourth-order valence-corrected chi connectivity index (χ4v) is 1.53. The molecule has 0 aliphatic heterocycles. The largest absolute Gasteiger partial charge is 0.382 e. The highest BCUT2D eigenvalue weighted by molar-refractivity contribution is 5.83. The number of hydrogen-bond donors (Lipinski definition) is 1. The summed E-state index contributed by atoms with van der Waals surface area (Å²) in [4.78, 5) is 12.9. The summed E-state index contributed by atoms with van der Waals surface area (Å²) in [7, 11) is 0. The zero-order chi connectivity index (χ0) is 9.54. The molecule has 2 N–H and O–H groups in total. The lowest BCUT2D eigenvalue weighted by molar-refractivity contribution is 0.949. The number of anilines is 1. The molecule has 1 saturated carbocycles. The molecule has 0 atom stereocenters. The van der Waals surface area contributed by atoms with Gasteiger partial charge in [0.15, 0.2) is 5.82 Å². The first-order chi connectivity index (χ1) is 6.84. The highest BCUT2D eigenvalue weighted by atomic mass is 15.0. The molecule has 2 heterocycles. The van der Waals surface area contributed by atoms with Crippen LogP contribution in [0, 0.1) is 0 Å². The summed E-state index contributed by atoms with van der Waals surface area (Å²) in [6.45, 7) is 0. The number of nitrogen functional groups attached to an aromatic ring is 1. The second-order valence-corrected chi connectivity index (χ2v) is 3.61. The van der Waals surface area contributed by atoms with Crippen LogP contribution in [0.15, 0.2) is 18.3 Å². The van der Waals surface area contributed by atoms with Gasteiger partial charge >= 0.3 is 0 Å². The molecule has 14 heavy (non-hydrogen) atoms. The van der Waals surface area contributed by atoms with E-state index < -0.39 is 0 Å². The van der Waals surface area contributed by atoms with Gasteiger partial charge in [0.05, 0.1) is 5.52 Å². The van der Waals surface area contributed by atoms with Gasteiger partial charge in [-0.3, -0.25) is 4.98 Å². The summed E-state index contributed by atoms with van der Waals surface area (Å²) in [5.74, 6) is 1.91. The Morgan fingerprint density at radius 2 is 2.14 bits per heavy atom. The fourth-order valence-electron chi connectivity index (χ4n) is 1.53. The Kier molecular flexibility index (Phi) is 1.45. The van der Waals surface area contributed by atoms with Gasteiger partial charge in [0, 0.05) is 12.1 Å². The van der Waals surface area contributed by atoms with E-state index in [2.05, 4.69) is 15.0 Å². The first-order valence-electron chi connectivity index (χ1n) is 4.73. The molecular weight excluding hydrogens is 176 g/mol. The molecule has 0 spiro atoms. The SMILES string of the molecule is Nc1nc(C2CC2)nc2cccnc12. The first-order valence-corrected chi connectivity index (χ1v) is 4.73. The van der Waals surface area contributed by atoms with E-state index in [1.807, 2.05) is 12.1 Å². The molecule has 4 heteroatoms. The van der Waals surface area contributed by atoms with Crippen molar-refractivity contribution in [1.29, 1.82) is 0 Å². The molecule has 0 saturated heterocycles. The van der Waals surface area contributed by atoms with Crippen molar-refractivity contribution >= 4 is 16.9 Å². The number of nitrogens with two attached hydrogens (primary N) is 1. The number of fused-ring (bicyclic) bond motifs is 1.